The first-order chi connectivity index (χ1) is 7.58. The second-order valence-electron chi connectivity index (χ2n) is 3.29. The number of thiophene rings is 1. The third-order valence-electron chi connectivity index (χ3n) is 2.20. The molecule has 0 aliphatic rings. The van der Waals surface area contributed by atoms with E-state index in [4.69, 9.17) is 5.73 Å². The van der Waals surface area contributed by atoms with E-state index in [0.717, 1.165) is 20.8 Å². The third-order valence-corrected chi connectivity index (χ3v) is 3.91. The van der Waals surface area contributed by atoms with Gasteiger partial charge >= 0.3 is 0 Å². The molecule has 1 unspecified atom stereocenters. The van der Waals surface area contributed by atoms with Crippen molar-refractivity contribution < 1.29 is 8.78 Å². The predicted molar refractivity (Wildman–Crippen MR) is 64.4 cm³/mol. The SMILES string of the molecule is NC(c1ccc(F)c(F)c1)c1ccc(Br)s1. The summed E-state index contributed by atoms with van der Waals surface area (Å²) in [6.07, 6.45) is 0. The Labute approximate surface area is 104 Å². The van der Waals surface area contributed by atoms with Gasteiger partial charge in [-0.1, -0.05) is 6.07 Å². The van der Waals surface area contributed by atoms with E-state index in [9.17, 15) is 8.78 Å². The van der Waals surface area contributed by atoms with Crippen molar-refractivity contribution in [1.29, 1.82) is 0 Å². The zero-order chi connectivity index (χ0) is 11.7. The average Bonchev–Trinajstić information content (AvgIpc) is 2.68. The van der Waals surface area contributed by atoms with Crippen LogP contribution in [0.4, 0.5) is 8.78 Å². The number of hydrogen-bond donors (Lipinski definition) is 1. The van der Waals surface area contributed by atoms with Crippen molar-refractivity contribution in [1.82, 2.24) is 0 Å². The van der Waals surface area contributed by atoms with Crippen molar-refractivity contribution in [2.75, 3.05) is 0 Å². The van der Waals surface area contributed by atoms with Crippen molar-refractivity contribution in [3.05, 3.63) is 56.2 Å². The van der Waals surface area contributed by atoms with E-state index in [0.29, 0.717) is 5.56 Å². The lowest BCUT2D eigenvalue weighted by molar-refractivity contribution is 0.506. The molecule has 2 rings (SSSR count). The Morgan fingerprint density at radius 2 is 1.88 bits per heavy atom. The molecule has 1 aromatic heterocycles. The molecule has 0 radical (unpaired) electrons. The second kappa shape index (κ2) is 4.61. The van der Waals surface area contributed by atoms with Gasteiger partial charge in [0.2, 0.25) is 0 Å². The molecule has 1 heterocycles. The predicted octanol–water partition coefficient (Wildman–Crippen LogP) is 3.84. The highest BCUT2D eigenvalue weighted by Gasteiger charge is 2.13. The molecule has 2 aromatic rings. The third kappa shape index (κ3) is 2.31. The van der Waals surface area contributed by atoms with Gasteiger partial charge in [0.25, 0.3) is 0 Å². The smallest absolute Gasteiger partial charge is 0.159 e. The Morgan fingerprint density at radius 1 is 1.12 bits per heavy atom. The molecular weight excluding hydrogens is 296 g/mol. The minimum absolute atomic E-state index is 0.425. The molecule has 1 nitrogen and oxygen atoms in total. The molecule has 84 valence electrons. The molecule has 0 aliphatic carbocycles. The monoisotopic (exact) mass is 303 g/mol. The number of nitrogens with two attached hydrogens (primary N) is 1. The molecule has 0 spiro atoms. The largest absolute Gasteiger partial charge is 0.320 e. The van der Waals surface area contributed by atoms with Gasteiger partial charge in [0.1, 0.15) is 0 Å². The number of benzene rings is 1. The fraction of sp³-hybridized carbons (Fsp3) is 0.0909. The molecule has 0 saturated carbocycles. The number of halogens is 3. The molecule has 5 heteroatoms. The summed E-state index contributed by atoms with van der Waals surface area (Å²) in [5.41, 5.74) is 6.51. The fourth-order valence-electron chi connectivity index (χ4n) is 1.37. The van der Waals surface area contributed by atoms with Crippen molar-refractivity contribution >= 4 is 27.3 Å². The van der Waals surface area contributed by atoms with Crippen LogP contribution in [-0.4, -0.2) is 0 Å². The highest BCUT2D eigenvalue weighted by atomic mass is 79.9. The molecular formula is C11H8BrF2NS. The summed E-state index contributed by atoms with van der Waals surface area (Å²) in [6, 6.07) is 7.03. The Morgan fingerprint density at radius 3 is 2.44 bits per heavy atom. The van der Waals surface area contributed by atoms with Gasteiger partial charge in [-0.25, -0.2) is 8.78 Å². The van der Waals surface area contributed by atoms with Crippen molar-refractivity contribution in [3.63, 3.8) is 0 Å². The maximum Gasteiger partial charge on any atom is 0.159 e. The van der Waals surface area contributed by atoms with Crippen molar-refractivity contribution in [2.45, 2.75) is 6.04 Å². The molecule has 1 aromatic carbocycles. The Kier molecular flexibility index (Phi) is 3.37. The quantitative estimate of drug-likeness (QED) is 0.896. The molecule has 0 amide bonds. The summed E-state index contributed by atoms with van der Waals surface area (Å²) in [7, 11) is 0. The van der Waals surface area contributed by atoms with Gasteiger partial charge in [-0.3, -0.25) is 0 Å². The second-order valence-corrected chi connectivity index (χ2v) is 5.79. The maximum absolute atomic E-state index is 13.0. The van der Waals surface area contributed by atoms with E-state index >= 15 is 0 Å². The van der Waals surface area contributed by atoms with Crippen molar-refractivity contribution in [2.24, 2.45) is 5.73 Å². The van der Waals surface area contributed by atoms with Gasteiger partial charge in [0, 0.05) is 4.88 Å². The van der Waals surface area contributed by atoms with Gasteiger partial charge in [-0.2, -0.15) is 0 Å². The van der Waals surface area contributed by atoms with Crippen LogP contribution >= 0.6 is 27.3 Å². The lowest BCUT2D eigenvalue weighted by atomic mass is 10.1. The summed E-state index contributed by atoms with van der Waals surface area (Å²) in [5, 5.41) is 0. The van der Waals surface area contributed by atoms with Crippen LogP contribution in [0.25, 0.3) is 0 Å². The van der Waals surface area contributed by atoms with E-state index in [1.54, 1.807) is 0 Å². The van der Waals surface area contributed by atoms with Crippen LogP contribution in [0, 0.1) is 11.6 Å². The first-order valence-corrected chi connectivity index (χ1v) is 6.14. The van der Waals surface area contributed by atoms with Gasteiger partial charge in [0.05, 0.1) is 9.83 Å². The minimum atomic E-state index is -0.872. The van der Waals surface area contributed by atoms with Gasteiger partial charge < -0.3 is 5.73 Å². The van der Waals surface area contributed by atoms with E-state index in [1.807, 2.05) is 12.1 Å². The number of hydrogen-bond acceptors (Lipinski definition) is 2. The zero-order valence-corrected chi connectivity index (χ0v) is 10.5. The van der Waals surface area contributed by atoms with Crippen LogP contribution in [0.2, 0.25) is 0 Å². The Hall–Kier alpha value is -0.780. The highest BCUT2D eigenvalue weighted by Crippen LogP contribution is 2.30. The molecule has 0 saturated heterocycles. The van der Waals surface area contributed by atoms with Crippen LogP contribution in [0.1, 0.15) is 16.5 Å². The molecule has 0 aliphatic heterocycles. The Bertz CT molecular complexity index is 512. The van der Waals surface area contributed by atoms with E-state index in [-0.39, 0.29) is 0 Å². The average molecular weight is 304 g/mol. The van der Waals surface area contributed by atoms with E-state index in [1.165, 1.54) is 17.4 Å². The molecule has 1 atom stereocenters. The maximum atomic E-state index is 13.0. The first-order valence-electron chi connectivity index (χ1n) is 4.53. The van der Waals surface area contributed by atoms with Crippen LogP contribution in [-0.2, 0) is 0 Å². The van der Waals surface area contributed by atoms with Crippen LogP contribution < -0.4 is 5.73 Å². The van der Waals surface area contributed by atoms with E-state index < -0.39 is 17.7 Å². The zero-order valence-electron chi connectivity index (χ0n) is 8.08. The topological polar surface area (TPSA) is 26.0 Å². The van der Waals surface area contributed by atoms with Crippen LogP contribution in [0.5, 0.6) is 0 Å². The minimum Gasteiger partial charge on any atom is -0.320 e. The van der Waals surface area contributed by atoms with Crippen molar-refractivity contribution in [3.8, 4) is 0 Å². The molecule has 16 heavy (non-hydrogen) atoms. The Balaban J connectivity index is 2.33. The molecule has 2 N–H and O–H groups in total. The highest BCUT2D eigenvalue weighted by molar-refractivity contribution is 9.11. The summed E-state index contributed by atoms with van der Waals surface area (Å²) >= 11 is 4.80. The summed E-state index contributed by atoms with van der Waals surface area (Å²) in [4.78, 5) is 0.901. The van der Waals surface area contributed by atoms with Gasteiger partial charge in [0.15, 0.2) is 11.6 Å². The summed E-state index contributed by atoms with van der Waals surface area (Å²) in [5.74, 6) is -1.73. The van der Waals surface area contributed by atoms with Crippen LogP contribution in [0.15, 0.2) is 34.1 Å². The summed E-state index contributed by atoms with van der Waals surface area (Å²) < 4.78 is 26.7. The summed E-state index contributed by atoms with van der Waals surface area (Å²) in [6.45, 7) is 0. The molecule has 0 fully saturated rings. The van der Waals surface area contributed by atoms with Crippen LogP contribution in [0.3, 0.4) is 0 Å². The standard InChI is InChI=1S/C11H8BrF2NS/c12-10-4-3-9(16-10)11(15)6-1-2-7(13)8(14)5-6/h1-5,11H,15H2. The lowest BCUT2D eigenvalue weighted by Gasteiger charge is -2.09. The number of rotatable bonds is 2. The normalized spacial score (nSPS) is 12.8. The first kappa shape index (κ1) is 11.7. The lowest BCUT2D eigenvalue weighted by Crippen LogP contribution is -2.10. The van der Waals surface area contributed by atoms with Gasteiger partial charge in [-0.05, 0) is 45.8 Å². The van der Waals surface area contributed by atoms with E-state index in [2.05, 4.69) is 15.9 Å². The fourth-order valence-corrected chi connectivity index (χ4v) is 2.82. The molecule has 0 bridgehead atoms. The van der Waals surface area contributed by atoms with Gasteiger partial charge in [-0.15, -0.1) is 11.3 Å².